The molecule has 2 aromatic carbocycles. The topological polar surface area (TPSA) is 45.2 Å². The first-order valence-corrected chi connectivity index (χ1v) is 9.23. The average Bonchev–Trinajstić information content (AvgIpc) is 2.70. The fraction of sp³-hybridized carbons (Fsp3) is 0.182. The minimum absolute atomic E-state index is 0.166. The summed E-state index contributed by atoms with van der Waals surface area (Å²) in [4.78, 5) is 18.7. The Morgan fingerprint density at radius 2 is 1.74 bits per heavy atom. The lowest BCUT2D eigenvalue weighted by Crippen LogP contribution is -2.26. The highest BCUT2D eigenvalue weighted by atomic mass is 35.5. The molecule has 0 aliphatic carbocycles. The van der Waals surface area contributed by atoms with E-state index in [9.17, 15) is 4.79 Å². The number of benzene rings is 2. The molecule has 0 radical (unpaired) electrons. The molecule has 27 heavy (non-hydrogen) atoms. The maximum Gasteiger partial charge on any atom is 0.269 e. The van der Waals surface area contributed by atoms with Crippen LogP contribution < -0.4 is 10.2 Å². The van der Waals surface area contributed by atoms with Crippen molar-refractivity contribution in [3.63, 3.8) is 0 Å². The van der Waals surface area contributed by atoms with Crippen LogP contribution in [-0.4, -0.2) is 24.5 Å². The highest BCUT2D eigenvalue weighted by molar-refractivity contribution is 6.30. The van der Waals surface area contributed by atoms with Crippen LogP contribution in [-0.2, 0) is 13.0 Å². The number of aromatic nitrogens is 1. The molecule has 1 amide bonds. The second kappa shape index (κ2) is 9.19. The molecule has 5 heteroatoms. The molecule has 1 aromatic heterocycles. The van der Waals surface area contributed by atoms with Gasteiger partial charge in [-0.2, -0.15) is 0 Å². The molecule has 0 atom stereocenters. The molecule has 0 spiro atoms. The van der Waals surface area contributed by atoms with E-state index in [-0.39, 0.29) is 5.91 Å². The van der Waals surface area contributed by atoms with Gasteiger partial charge < -0.3 is 10.2 Å². The number of amides is 1. The van der Waals surface area contributed by atoms with Gasteiger partial charge in [-0.3, -0.25) is 4.79 Å². The van der Waals surface area contributed by atoms with Gasteiger partial charge in [-0.15, -0.1) is 0 Å². The lowest BCUT2D eigenvalue weighted by atomic mass is 10.1. The van der Waals surface area contributed by atoms with Crippen molar-refractivity contribution in [3.05, 3.63) is 94.8 Å². The number of carbonyl (C=O) groups excluding carboxylic acids is 1. The number of pyridine rings is 1. The van der Waals surface area contributed by atoms with E-state index in [1.54, 1.807) is 12.3 Å². The van der Waals surface area contributed by atoms with Crippen molar-refractivity contribution in [2.24, 2.45) is 0 Å². The molecule has 3 rings (SSSR count). The Morgan fingerprint density at radius 1 is 1.00 bits per heavy atom. The number of anilines is 1. The Hall–Kier alpha value is -2.85. The largest absolute Gasteiger partial charge is 0.369 e. The molecule has 0 saturated carbocycles. The Kier molecular flexibility index (Phi) is 6.44. The molecule has 1 N–H and O–H groups in total. The minimum Gasteiger partial charge on any atom is -0.369 e. The lowest BCUT2D eigenvalue weighted by molar-refractivity contribution is 0.0949. The van der Waals surface area contributed by atoms with Crippen LogP contribution in [0.5, 0.6) is 0 Å². The van der Waals surface area contributed by atoms with E-state index < -0.39 is 0 Å². The number of hydrogen-bond donors (Lipinski definition) is 1. The Bertz CT molecular complexity index is 864. The molecular weight excluding hydrogens is 358 g/mol. The fourth-order valence-electron chi connectivity index (χ4n) is 2.76. The minimum atomic E-state index is -0.166. The van der Waals surface area contributed by atoms with Gasteiger partial charge in [0.05, 0.1) is 11.9 Å². The van der Waals surface area contributed by atoms with E-state index in [0.29, 0.717) is 17.3 Å². The third-order valence-corrected chi connectivity index (χ3v) is 4.55. The predicted molar refractivity (Wildman–Crippen MR) is 110 cm³/mol. The molecule has 138 valence electrons. The van der Waals surface area contributed by atoms with Gasteiger partial charge in [-0.25, -0.2) is 4.98 Å². The fourth-order valence-corrected chi connectivity index (χ4v) is 2.88. The van der Waals surface area contributed by atoms with E-state index in [1.807, 2.05) is 55.6 Å². The first kappa shape index (κ1) is 18.9. The van der Waals surface area contributed by atoms with Crippen LogP contribution >= 0.6 is 11.6 Å². The van der Waals surface area contributed by atoms with E-state index >= 15 is 0 Å². The summed E-state index contributed by atoms with van der Waals surface area (Å²) in [5, 5.41) is 3.61. The Morgan fingerprint density at radius 3 is 2.41 bits per heavy atom. The van der Waals surface area contributed by atoms with Crippen LogP contribution in [0.3, 0.4) is 0 Å². The summed E-state index contributed by atoms with van der Waals surface area (Å²) in [5.41, 5.74) is 3.74. The van der Waals surface area contributed by atoms with Gasteiger partial charge in [0.25, 0.3) is 5.91 Å². The van der Waals surface area contributed by atoms with Crippen LogP contribution in [0.2, 0.25) is 5.02 Å². The maximum atomic E-state index is 12.3. The molecule has 3 aromatic rings. The van der Waals surface area contributed by atoms with Crippen molar-refractivity contribution < 1.29 is 4.79 Å². The molecule has 0 fully saturated rings. The zero-order chi connectivity index (χ0) is 19.1. The number of nitrogens with one attached hydrogen (secondary N) is 1. The molecular formula is C22H22ClN3O. The molecule has 0 aliphatic rings. The van der Waals surface area contributed by atoms with Crippen molar-refractivity contribution in [2.45, 2.75) is 13.0 Å². The number of rotatable bonds is 7. The smallest absolute Gasteiger partial charge is 0.269 e. The number of hydrogen-bond acceptors (Lipinski definition) is 3. The molecule has 0 saturated heterocycles. The summed E-state index contributed by atoms with van der Waals surface area (Å²) in [6, 6.07) is 21.5. The lowest BCUT2D eigenvalue weighted by Gasteiger charge is -2.19. The molecule has 4 nitrogen and oxygen atoms in total. The van der Waals surface area contributed by atoms with Crippen molar-refractivity contribution >= 4 is 23.2 Å². The van der Waals surface area contributed by atoms with E-state index in [2.05, 4.69) is 27.3 Å². The van der Waals surface area contributed by atoms with Gasteiger partial charge in [0.1, 0.15) is 5.69 Å². The van der Waals surface area contributed by atoms with E-state index in [1.165, 1.54) is 5.56 Å². The second-order valence-corrected chi connectivity index (χ2v) is 6.81. The number of carbonyl (C=O) groups is 1. The van der Waals surface area contributed by atoms with Crippen molar-refractivity contribution in [2.75, 3.05) is 18.5 Å². The first-order chi connectivity index (χ1) is 13.1. The van der Waals surface area contributed by atoms with Crippen molar-refractivity contribution in [1.82, 2.24) is 10.3 Å². The highest BCUT2D eigenvalue weighted by Crippen LogP contribution is 2.15. The second-order valence-electron chi connectivity index (χ2n) is 6.38. The summed E-state index contributed by atoms with van der Waals surface area (Å²) in [7, 11) is 2.01. The molecule has 1 heterocycles. The quantitative estimate of drug-likeness (QED) is 0.664. The zero-order valence-electron chi connectivity index (χ0n) is 15.2. The van der Waals surface area contributed by atoms with Gasteiger partial charge in [0, 0.05) is 25.2 Å². The van der Waals surface area contributed by atoms with Gasteiger partial charge in [0.2, 0.25) is 0 Å². The van der Waals surface area contributed by atoms with Crippen LogP contribution in [0.15, 0.2) is 72.9 Å². The van der Waals surface area contributed by atoms with Crippen LogP contribution in [0.25, 0.3) is 0 Å². The Labute approximate surface area is 164 Å². The highest BCUT2D eigenvalue weighted by Gasteiger charge is 2.08. The van der Waals surface area contributed by atoms with Gasteiger partial charge >= 0.3 is 0 Å². The SMILES string of the molecule is CN(Cc1ccccc1)c1ccc(C(=O)NCCc2ccc(Cl)cc2)nc1. The monoisotopic (exact) mass is 379 g/mol. The standard InChI is InChI=1S/C22H22ClN3O/c1-26(16-18-5-3-2-4-6-18)20-11-12-21(25-15-20)22(27)24-14-13-17-7-9-19(23)10-8-17/h2-12,15H,13-14,16H2,1H3,(H,24,27). The van der Waals surface area contributed by atoms with Crippen molar-refractivity contribution in [1.29, 1.82) is 0 Å². The van der Waals surface area contributed by atoms with Gasteiger partial charge in [-0.05, 0) is 41.8 Å². The van der Waals surface area contributed by atoms with Gasteiger partial charge in [-0.1, -0.05) is 54.1 Å². The number of nitrogens with zero attached hydrogens (tertiary/aromatic N) is 2. The molecule has 0 unspecified atom stereocenters. The summed E-state index contributed by atoms with van der Waals surface area (Å²) in [5.74, 6) is -0.166. The van der Waals surface area contributed by atoms with Crippen LogP contribution in [0.1, 0.15) is 21.6 Å². The zero-order valence-corrected chi connectivity index (χ0v) is 16.0. The third kappa shape index (κ3) is 5.56. The van der Waals surface area contributed by atoms with Crippen LogP contribution in [0.4, 0.5) is 5.69 Å². The normalized spacial score (nSPS) is 10.4. The van der Waals surface area contributed by atoms with E-state index in [0.717, 1.165) is 24.2 Å². The summed E-state index contributed by atoms with van der Waals surface area (Å²) >= 11 is 5.87. The Balaban J connectivity index is 1.51. The van der Waals surface area contributed by atoms with E-state index in [4.69, 9.17) is 11.6 Å². The average molecular weight is 380 g/mol. The predicted octanol–water partition coefficient (Wildman–Crippen LogP) is 4.34. The van der Waals surface area contributed by atoms with Gasteiger partial charge in [0.15, 0.2) is 0 Å². The third-order valence-electron chi connectivity index (χ3n) is 4.30. The number of halogens is 1. The summed E-state index contributed by atoms with van der Waals surface area (Å²) < 4.78 is 0. The van der Waals surface area contributed by atoms with Crippen LogP contribution in [0, 0.1) is 0 Å². The molecule has 0 aliphatic heterocycles. The summed E-state index contributed by atoms with van der Waals surface area (Å²) in [6.45, 7) is 1.34. The van der Waals surface area contributed by atoms with Crippen molar-refractivity contribution in [3.8, 4) is 0 Å². The summed E-state index contributed by atoms with van der Waals surface area (Å²) in [6.07, 6.45) is 2.48. The maximum absolute atomic E-state index is 12.3. The first-order valence-electron chi connectivity index (χ1n) is 8.85. The molecule has 0 bridgehead atoms.